The van der Waals surface area contributed by atoms with Gasteiger partial charge in [0.25, 0.3) is 0 Å². The van der Waals surface area contributed by atoms with Crippen molar-refractivity contribution in [3.63, 3.8) is 0 Å². The van der Waals surface area contributed by atoms with Gasteiger partial charge in [0, 0.05) is 64.3 Å². The summed E-state index contributed by atoms with van der Waals surface area (Å²) in [6.45, 7) is 0. The van der Waals surface area contributed by atoms with Crippen LogP contribution in [0.15, 0.2) is 449 Å². The van der Waals surface area contributed by atoms with Crippen LogP contribution in [0.25, 0.3) is 211 Å². The van der Waals surface area contributed by atoms with E-state index in [0.29, 0.717) is 0 Å². The first-order valence-electron chi connectivity index (χ1n) is 47.9. The van der Waals surface area contributed by atoms with Crippen molar-refractivity contribution in [2.24, 2.45) is 7.05 Å². The van der Waals surface area contributed by atoms with E-state index in [1.807, 2.05) is 74.2 Å². The Hall–Kier alpha value is -17.9. The third-order valence-electron chi connectivity index (χ3n) is 27.8. The Bertz CT molecular complexity index is 10100. The van der Waals surface area contributed by atoms with Crippen LogP contribution in [0.5, 0.6) is 0 Å². The molecule has 702 valence electrons. The van der Waals surface area contributed by atoms with Gasteiger partial charge < -0.3 is 46.3 Å². The number of imidazole rings is 7. The largest absolute Gasteiger partial charge is 2.00 e. The zero-order valence-electron chi connectivity index (χ0n) is 78.2. The van der Waals surface area contributed by atoms with Crippen molar-refractivity contribution in [1.29, 1.82) is 0 Å². The summed E-state index contributed by atoms with van der Waals surface area (Å²) in [5, 5.41) is 9.25. The molecule has 0 atom stereocenters. The molecule has 31 rings (SSSR count). The summed E-state index contributed by atoms with van der Waals surface area (Å²) in [4.78, 5) is 34.5. The van der Waals surface area contributed by atoms with Gasteiger partial charge >= 0.3 is 63.2 Å². The first-order chi connectivity index (χ1) is 71.4. The normalized spacial score (nSPS) is 11.7. The fraction of sp³-hybridized carbons (Fsp3) is 0.00800. The Balaban J connectivity index is 0.000000111. The van der Waals surface area contributed by atoms with Gasteiger partial charge in [0.15, 0.2) is 0 Å². The minimum Gasteiger partial charge on any atom is -0.358 e. The van der Waals surface area contributed by atoms with Crippen LogP contribution >= 0.6 is 0 Å². The smallest absolute Gasteiger partial charge is 0.358 e. The van der Waals surface area contributed by atoms with E-state index in [0.717, 1.165) is 229 Å². The van der Waals surface area contributed by atoms with Crippen LogP contribution < -0.4 is 9.80 Å². The van der Waals surface area contributed by atoms with Crippen LogP contribution in [0.1, 0.15) is 0 Å². The van der Waals surface area contributed by atoms with E-state index in [1.54, 1.807) is 0 Å². The third kappa shape index (κ3) is 14.3. The molecule has 0 aliphatic carbocycles. The van der Waals surface area contributed by atoms with Crippen molar-refractivity contribution in [3.8, 4) is 40.2 Å². The fourth-order valence-electron chi connectivity index (χ4n) is 21.7. The van der Waals surface area contributed by atoms with Crippen LogP contribution in [0.4, 0.5) is 34.3 Å². The molecule has 19 nitrogen and oxygen atoms in total. The number of pyridine rings is 2. The van der Waals surface area contributed by atoms with E-state index in [2.05, 4.69) is 478 Å². The number of aromatic nitrogens is 17. The van der Waals surface area contributed by atoms with Gasteiger partial charge in [-0.2, -0.15) is 54.6 Å². The van der Waals surface area contributed by atoms with Crippen molar-refractivity contribution >= 4 is 205 Å². The molecule has 13 aromatic heterocycles. The number of aryl methyl sites for hydroxylation is 1. The van der Waals surface area contributed by atoms with Crippen molar-refractivity contribution in [2.75, 3.05) is 9.80 Å². The maximum absolute atomic E-state index is 5.32. The number of rotatable bonds is 13. The minimum absolute atomic E-state index is 0. The molecule has 0 bridgehead atoms. The first kappa shape index (κ1) is 89.3. The number of nitrogens with zero attached hydrogens (tertiary/aromatic N) is 19. The van der Waals surface area contributed by atoms with Gasteiger partial charge in [0.2, 0.25) is 23.3 Å². The molecule has 31 aromatic rings. The Morgan fingerprint density at radius 1 is 0.238 bits per heavy atom. The average Bonchev–Trinajstić information content (AvgIpc) is 1.55. The molecule has 0 saturated heterocycles. The Labute approximate surface area is 883 Å². The van der Waals surface area contributed by atoms with Crippen molar-refractivity contribution in [1.82, 2.24) is 79.6 Å². The molecule has 0 amide bonds. The second-order valence-corrected chi connectivity index (χ2v) is 35.9. The molecule has 0 aliphatic heterocycles. The number of benzene rings is 18. The summed E-state index contributed by atoms with van der Waals surface area (Å²) in [5.74, 6) is 5.01. The molecule has 0 aliphatic rings. The van der Waals surface area contributed by atoms with Gasteiger partial charge in [-0.25, -0.2) is 29.9 Å². The molecule has 0 fully saturated rings. The van der Waals surface area contributed by atoms with Crippen LogP contribution in [0.3, 0.4) is 0 Å². The van der Waals surface area contributed by atoms with E-state index in [4.69, 9.17) is 29.9 Å². The van der Waals surface area contributed by atoms with E-state index in [9.17, 15) is 0 Å². The summed E-state index contributed by atoms with van der Waals surface area (Å²) < 4.78 is 24.3. The third-order valence-corrected chi connectivity index (χ3v) is 27.8. The summed E-state index contributed by atoms with van der Waals surface area (Å²) in [6.07, 6.45) is 5.68. The molecule has 18 aromatic carbocycles. The molecular weight excluding hydrogens is 2350 g/mol. The number of hydrogen-bond acceptors (Lipinski definition) is 8. The second kappa shape index (κ2) is 36.2. The maximum Gasteiger partial charge on any atom is 2.00 e. The molecule has 0 N–H and O–H groups in total. The van der Waals surface area contributed by atoms with Gasteiger partial charge in [0.05, 0.1) is 71.7 Å². The standard InChI is InChI=1S/2C42H26N6.C41H25N7.3Pt/c1-2-14-29(15-3-1)45(40-26-13-27-41(44-40)47-35-21-7-4-18-32(35)33-19-5-8-22-36(33)47)30-16-12-17-31(28-30)46-38-24-10-11-25-39(38)48-37-23-9-6-20-34(37)43-42(46)48;1-2-13-29(14-3-1)45(30-15-10-17-32(27-30)46-37-22-6-4-19-34(37)35-20-12-26-43-41(35)46)31-16-11-18-33(28-31)47-39-24-8-9-25-40(39)48-38-23-7-5-21-36(38)44-42(47)48;1-44-22-21-42-40(44)47-34-17-6-3-14-29(34)31-24-30-28-13-2-5-16-33(28)45(38(30)25-39(31)47)26-11-10-12-27(23-26)46-36-19-8-9-20-37(36)48-35-18-7-4-15-32(35)43-41(46)48;;;/h1-21,23-27H;1-26H;2-22,24H,1H3;;;/q3*-2;3*+2. The molecule has 22 heteroatoms. The average molecular weight is 2430 g/mol. The molecule has 0 unspecified atom stereocenters. The number of para-hydroxylation sites is 19. The molecular formula is C125H77N19Pt3. The van der Waals surface area contributed by atoms with E-state index < -0.39 is 0 Å². The summed E-state index contributed by atoms with van der Waals surface area (Å²) in [5.41, 5.74) is 30.1. The van der Waals surface area contributed by atoms with E-state index in [1.165, 1.54) is 16.2 Å². The van der Waals surface area contributed by atoms with E-state index in [-0.39, 0.29) is 63.2 Å². The second-order valence-electron chi connectivity index (χ2n) is 35.9. The van der Waals surface area contributed by atoms with E-state index >= 15 is 0 Å². The zero-order valence-corrected chi connectivity index (χ0v) is 85.0. The van der Waals surface area contributed by atoms with Gasteiger partial charge in [-0.15, -0.1) is 95.0 Å². The van der Waals surface area contributed by atoms with Crippen LogP contribution in [0.2, 0.25) is 0 Å². The number of anilines is 6. The molecule has 0 spiro atoms. The Kier molecular flexibility index (Phi) is 22.0. The van der Waals surface area contributed by atoms with Crippen LogP contribution in [-0.4, -0.2) is 79.6 Å². The summed E-state index contributed by atoms with van der Waals surface area (Å²) in [6, 6.07) is 171. The topological polar surface area (TPSA) is 136 Å². The summed E-state index contributed by atoms with van der Waals surface area (Å²) in [7, 11) is 2.03. The quantitative estimate of drug-likeness (QED) is 0.104. The maximum atomic E-state index is 5.32. The predicted octanol–water partition coefficient (Wildman–Crippen LogP) is 28.9. The Morgan fingerprint density at radius 3 is 1.10 bits per heavy atom. The predicted molar refractivity (Wildman–Crippen MR) is 581 cm³/mol. The number of hydrogen-bond donors (Lipinski definition) is 0. The first-order valence-corrected chi connectivity index (χ1v) is 47.9. The van der Waals surface area contributed by atoms with Crippen molar-refractivity contribution in [3.05, 3.63) is 486 Å². The van der Waals surface area contributed by atoms with Crippen LogP contribution in [0, 0.1) is 36.4 Å². The number of fused-ring (bicyclic) bond motifs is 27. The summed E-state index contributed by atoms with van der Waals surface area (Å²) >= 11 is 0. The van der Waals surface area contributed by atoms with Gasteiger partial charge in [-0.1, -0.05) is 250 Å². The van der Waals surface area contributed by atoms with Gasteiger partial charge in [-0.3, -0.25) is 13.2 Å². The molecule has 0 radical (unpaired) electrons. The molecule has 147 heavy (non-hydrogen) atoms. The molecule has 13 heterocycles. The van der Waals surface area contributed by atoms with Crippen molar-refractivity contribution < 1.29 is 63.2 Å². The SMILES string of the molecule is Cn1ccnc1-n1c2[c-]c3c(cc2c2ccccc21)c1ccccc1n3-c1[c-]c(-n2c3ccccc3n3c4ccccc4nc23)ccc1.[Pt+2].[Pt+2].[Pt+2].[c-]1c(N(c2[c-]c(-n3c4ccccc4n4c5ccccc5nc34)ccc2)c2ccccc2)cccc1-n1c2ccccc2c2cccnc21.[c-]1c(N(c2ccccc2)c2cccc(-n3c4[c-]cccc4c4ccccc43)n2)cccc1-n1c2ccccc2n2c3ccccc3nc12. The molecule has 0 saturated carbocycles. The van der Waals surface area contributed by atoms with Gasteiger partial charge in [-0.05, 0) is 162 Å². The monoisotopic (exact) mass is 2430 g/mol. The van der Waals surface area contributed by atoms with Crippen molar-refractivity contribution in [2.45, 2.75) is 0 Å². The van der Waals surface area contributed by atoms with Crippen LogP contribution in [-0.2, 0) is 70.2 Å². The Morgan fingerprint density at radius 2 is 0.605 bits per heavy atom. The minimum atomic E-state index is 0. The fourth-order valence-corrected chi connectivity index (χ4v) is 21.7. The zero-order chi connectivity index (χ0) is 94.7. The van der Waals surface area contributed by atoms with Gasteiger partial charge in [0.1, 0.15) is 17.3 Å².